The second-order valence-corrected chi connectivity index (χ2v) is 16.3. The van der Waals surface area contributed by atoms with Crippen molar-refractivity contribution in [2.45, 2.75) is 70.6 Å². The van der Waals surface area contributed by atoms with Crippen molar-refractivity contribution in [1.82, 2.24) is 0 Å². The van der Waals surface area contributed by atoms with E-state index in [2.05, 4.69) is 81.4 Å². The van der Waals surface area contributed by atoms with Crippen molar-refractivity contribution in [3.63, 3.8) is 0 Å². The maximum atomic E-state index is 11.4. The minimum absolute atomic E-state index is 0.00644. The van der Waals surface area contributed by atoms with Crippen LogP contribution in [-0.2, 0) is 23.5 Å². The summed E-state index contributed by atoms with van der Waals surface area (Å²) < 4.78 is 48.6. The van der Waals surface area contributed by atoms with Gasteiger partial charge in [0.1, 0.15) is 0 Å². The molecule has 34 heavy (non-hydrogen) atoms. The van der Waals surface area contributed by atoms with Gasteiger partial charge in [0.25, 0.3) is 18.4 Å². The molecule has 0 N–H and O–H groups in total. The Hall–Kier alpha value is -1.51. The number of hydrogen-bond acceptors (Lipinski definition) is 5. The normalized spacial score (nSPS) is 22.1. The summed E-state index contributed by atoms with van der Waals surface area (Å²) in [6.07, 6.45) is 3.03. The van der Waals surface area contributed by atoms with E-state index < -0.39 is 24.5 Å². The van der Waals surface area contributed by atoms with E-state index in [1.54, 1.807) is 0 Å². The molecule has 0 amide bonds. The van der Waals surface area contributed by atoms with Gasteiger partial charge in [-0.2, -0.15) is 8.42 Å². The van der Waals surface area contributed by atoms with Gasteiger partial charge in [0.15, 0.2) is 0 Å². The van der Waals surface area contributed by atoms with E-state index in [9.17, 15) is 8.42 Å². The third-order valence-electron chi connectivity index (χ3n) is 6.56. The highest BCUT2D eigenvalue weighted by atomic mass is 32.2. The van der Waals surface area contributed by atoms with Gasteiger partial charge in [-0.25, -0.2) is 0 Å². The number of benzene rings is 2. The van der Waals surface area contributed by atoms with Gasteiger partial charge >= 0.3 is 0 Å². The van der Waals surface area contributed by atoms with Gasteiger partial charge in [-0.3, -0.25) is 4.18 Å². The molecule has 0 aromatic heterocycles. The molecule has 0 spiro atoms. The Bertz CT molecular complexity index is 991. The van der Waals surface area contributed by atoms with Gasteiger partial charge in [-0.15, -0.1) is 0 Å². The van der Waals surface area contributed by atoms with Crippen LogP contribution in [0.1, 0.15) is 54.7 Å². The fourth-order valence-electron chi connectivity index (χ4n) is 4.99. The molecule has 188 valence electrons. The van der Waals surface area contributed by atoms with E-state index in [1.807, 2.05) is 0 Å². The van der Waals surface area contributed by atoms with Gasteiger partial charge in [0, 0.05) is 6.61 Å². The van der Waals surface area contributed by atoms with Gasteiger partial charge in [-0.05, 0) is 53.9 Å². The summed E-state index contributed by atoms with van der Waals surface area (Å²) in [5.74, 6) is 0.436. The Morgan fingerprint density at radius 3 is 1.91 bits per heavy atom. The SMILES string of the molecule is [2H]C(C)(COC1CCC(CO[Si](c2ccccc2)(c2ccccc2)C(C)(C)C)CC1)OS(C)(=O)=O. The molecule has 5 nitrogen and oxygen atoms in total. The molecule has 3 rings (SSSR count). The molecule has 1 fully saturated rings. The molecule has 1 aliphatic carbocycles. The van der Waals surface area contributed by atoms with Crippen molar-refractivity contribution < 1.29 is 23.1 Å². The molecule has 7 heteroatoms. The van der Waals surface area contributed by atoms with E-state index in [0.29, 0.717) is 12.5 Å². The lowest BCUT2D eigenvalue weighted by atomic mass is 9.88. The predicted molar refractivity (Wildman–Crippen MR) is 141 cm³/mol. The lowest BCUT2D eigenvalue weighted by molar-refractivity contribution is -0.0193. The van der Waals surface area contributed by atoms with Crippen LogP contribution in [0.25, 0.3) is 0 Å². The smallest absolute Gasteiger partial charge is 0.264 e. The fraction of sp³-hybridized carbons (Fsp3) is 0.556. The quantitative estimate of drug-likeness (QED) is 0.351. The average molecular weight is 506 g/mol. The summed E-state index contributed by atoms with van der Waals surface area (Å²) in [5, 5.41) is 2.53. The zero-order valence-corrected chi connectivity index (χ0v) is 22.9. The van der Waals surface area contributed by atoms with Crippen molar-refractivity contribution in [3.8, 4) is 0 Å². The van der Waals surface area contributed by atoms with Crippen molar-refractivity contribution >= 4 is 28.8 Å². The van der Waals surface area contributed by atoms with Crippen LogP contribution in [-0.4, -0.2) is 48.4 Å². The van der Waals surface area contributed by atoms with Crippen LogP contribution in [0.5, 0.6) is 0 Å². The molecule has 0 heterocycles. The maximum Gasteiger partial charge on any atom is 0.264 e. The van der Waals surface area contributed by atoms with Crippen LogP contribution >= 0.6 is 0 Å². The summed E-state index contributed by atoms with van der Waals surface area (Å²) in [7, 11) is -6.25. The van der Waals surface area contributed by atoms with Crippen LogP contribution in [0, 0.1) is 5.92 Å². The predicted octanol–water partition coefficient (Wildman–Crippen LogP) is 4.50. The average Bonchev–Trinajstić information content (AvgIpc) is 2.78. The molecule has 1 saturated carbocycles. The van der Waals surface area contributed by atoms with Gasteiger partial charge < -0.3 is 9.16 Å². The molecule has 0 radical (unpaired) electrons. The molecular weight excluding hydrogens is 464 g/mol. The molecule has 2 aromatic rings. The molecule has 1 unspecified atom stereocenters. The van der Waals surface area contributed by atoms with Crippen molar-refractivity contribution in [3.05, 3.63) is 60.7 Å². The molecule has 2 aromatic carbocycles. The van der Waals surface area contributed by atoms with E-state index >= 15 is 0 Å². The van der Waals surface area contributed by atoms with Crippen LogP contribution in [0.15, 0.2) is 60.7 Å². The van der Waals surface area contributed by atoms with Gasteiger partial charge in [-0.1, -0.05) is 81.4 Å². The molecule has 1 aliphatic rings. The highest BCUT2D eigenvalue weighted by Gasteiger charge is 2.50. The van der Waals surface area contributed by atoms with Gasteiger partial charge in [0.2, 0.25) is 0 Å². The standard InChI is InChI=1S/C27H40O5SSi/c1-22(32-33(5,28)29)20-30-24-18-16-23(17-19-24)21-31-34(27(2,3)4,25-12-8-6-9-13-25)26-14-10-7-11-15-26/h6-15,22-24H,16-21H2,1-5H3/i22D. The number of hydrogen-bond donors (Lipinski definition) is 0. The number of rotatable bonds is 10. The van der Waals surface area contributed by atoms with Crippen LogP contribution in [0.2, 0.25) is 5.04 Å². The second-order valence-electron chi connectivity index (χ2n) is 10.4. The third-order valence-corrected chi connectivity index (χ3v) is 12.2. The summed E-state index contributed by atoms with van der Waals surface area (Å²) in [5.41, 5.74) is 0. The van der Waals surface area contributed by atoms with Crippen molar-refractivity contribution in [2.24, 2.45) is 5.92 Å². The Kier molecular flexibility index (Phi) is 8.64. The highest BCUT2D eigenvalue weighted by Crippen LogP contribution is 2.38. The van der Waals surface area contributed by atoms with Crippen molar-refractivity contribution in [2.75, 3.05) is 19.5 Å². The first-order valence-corrected chi connectivity index (χ1v) is 15.8. The molecule has 0 aliphatic heterocycles. The topological polar surface area (TPSA) is 61.8 Å². The Labute approximate surface area is 208 Å². The first-order chi connectivity index (χ1) is 16.3. The molecule has 0 saturated heterocycles. The van der Waals surface area contributed by atoms with E-state index in [4.69, 9.17) is 14.7 Å². The first-order valence-electron chi connectivity index (χ1n) is 12.6. The fourth-order valence-corrected chi connectivity index (χ4v) is 10.2. The third kappa shape index (κ3) is 7.01. The van der Waals surface area contributed by atoms with E-state index in [-0.39, 0.29) is 17.7 Å². The monoisotopic (exact) mass is 505 g/mol. The van der Waals surface area contributed by atoms with Crippen LogP contribution < -0.4 is 10.4 Å². The zero-order valence-electron chi connectivity index (χ0n) is 22.1. The Morgan fingerprint density at radius 2 is 1.47 bits per heavy atom. The van der Waals surface area contributed by atoms with E-state index in [1.165, 1.54) is 17.3 Å². The summed E-state index contributed by atoms with van der Waals surface area (Å²) in [4.78, 5) is 0. The minimum Gasteiger partial charge on any atom is -0.407 e. The van der Waals surface area contributed by atoms with Crippen molar-refractivity contribution in [1.29, 1.82) is 0 Å². The first kappa shape index (κ1) is 25.6. The lowest BCUT2D eigenvalue weighted by Gasteiger charge is -2.44. The summed E-state index contributed by atoms with van der Waals surface area (Å²) >= 11 is 0. The molecule has 0 bridgehead atoms. The largest absolute Gasteiger partial charge is 0.407 e. The molecular formula is C27H40O5SSi. The second kappa shape index (κ2) is 11.5. The zero-order chi connectivity index (χ0) is 25.7. The van der Waals surface area contributed by atoms with E-state index in [0.717, 1.165) is 31.9 Å². The lowest BCUT2D eigenvalue weighted by Crippen LogP contribution is -2.67. The summed E-state index contributed by atoms with van der Waals surface area (Å²) in [6.45, 7) is 8.92. The van der Waals surface area contributed by atoms with Gasteiger partial charge in [0.05, 0.1) is 26.4 Å². The number of ether oxygens (including phenoxy) is 1. The summed E-state index contributed by atoms with van der Waals surface area (Å²) in [6, 6.07) is 21.4. The highest BCUT2D eigenvalue weighted by molar-refractivity contribution is 7.86. The van der Waals surface area contributed by atoms with Crippen LogP contribution in [0.3, 0.4) is 0 Å². The Balaban J connectivity index is 1.67. The minimum atomic E-state index is -3.70. The Morgan fingerprint density at radius 1 is 0.971 bits per heavy atom. The maximum absolute atomic E-state index is 11.4. The molecule has 1 atom stereocenters. The van der Waals surface area contributed by atoms with Crippen LogP contribution in [0.4, 0.5) is 0 Å².